The second kappa shape index (κ2) is 10.9. The molecule has 2 unspecified atom stereocenters. The number of Topliss-reactive ketones (excluding diaryl/α,β-unsaturated/α-hetero) is 1. The van der Waals surface area contributed by atoms with Gasteiger partial charge in [0, 0.05) is 72.1 Å². The molecule has 10 heteroatoms. The lowest BCUT2D eigenvalue weighted by molar-refractivity contribution is -0.385. The molecule has 0 bridgehead atoms. The number of amidine groups is 1. The largest absolute Gasteiger partial charge is 0.378 e. The highest BCUT2D eigenvalue weighted by molar-refractivity contribution is 6.22. The van der Waals surface area contributed by atoms with Crippen molar-refractivity contribution in [3.63, 3.8) is 0 Å². The Hall–Kier alpha value is -4.99. The lowest BCUT2D eigenvalue weighted by atomic mass is 9.74. The number of anilines is 1. The molecule has 0 aliphatic carbocycles. The molecule has 1 amide bonds. The molecule has 3 N–H and O–H groups in total. The summed E-state index contributed by atoms with van der Waals surface area (Å²) in [6.07, 6.45) is 1.68. The van der Waals surface area contributed by atoms with Crippen LogP contribution >= 0.6 is 0 Å². The molecule has 0 saturated heterocycles. The summed E-state index contributed by atoms with van der Waals surface area (Å²) < 4.78 is 0. The molecule has 210 valence electrons. The summed E-state index contributed by atoms with van der Waals surface area (Å²) in [4.78, 5) is 48.0. The van der Waals surface area contributed by atoms with E-state index in [0.717, 1.165) is 11.3 Å². The summed E-state index contributed by atoms with van der Waals surface area (Å²) in [7, 11) is 3.91. The minimum atomic E-state index is -0.679. The number of H-pyrrole nitrogens is 1. The average molecular weight is 553 g/mol. The van der Waals surface area contributed by atoms with Gasteiger partial charge in [-0.2, -0.15) is 0 Å². The maximum Gasteiger partial charge on any atom is 0.272 e. The predicted octanol–water partition coefficient (Wildman–Crippen LogP) is 4.70. The zero-order valence-electron chi connectivity index (χ0n) is 23.6. The lowest BCUT2D eigenvalue weighted by Crippen LogP contribution is -2.44. The summed E-state index contributed by atoms with van der Waals surface area (Å²) in [5.41, 5.74) is 5.91. The molecule has 3 heterocycles. The van der Waals surface area contributed by atoms with E-state index < -0.39 is 16.8 Å². The van der Waals surface area contributed by atoms with E-state index in [2.05, 4.69) is 20.6 Å². The van der Waals surface area contributed by atoms with Crippen molar-refractivity contribution in [2.45, 2.75) is 26.7 Å². The Morgan fingerprint density at radius 1 is 1.10 bits per heavy atom. The minimum absolute atomic E-state index is 0.0416. The first-order chi connectivity index (χ1) is 19.6. The van der Waals surface area contributed by atoms with Crippen molar-refractivity contribution < 1.29 is 14.5 Å². The fourth-order valence-corrected chi connectivity index (χ4v) is 5.41. The smallest absolute Gasteiger partial charge is 0.272 e. The number of ketones is 1. The number of hydrogen-bond donors (Lipinski definition) is 3. The fourth-order valence-electron chi connectivity index (χ4n) is 5.41. The first kappa shape index (κ1) is 27.6. The molecule has 10 nitrogen and oxygen atoms in total. The highest BCUT2D eigenvalue weighted by Crippen LogP contribution is 2.42. The summed E-state index contributed by atoms with van der Waals surface area (Å²) in [6.45, 7) is 5.85. The van der Waals surface area contributed by atoms with Gasteiger partial charge in [-0.25, -0.2) is 4.99 Å². The van der Waals surface area contributed by atoms with Crippen molar-refractivity contribution >= 4 is 35.0 Å². The third-order valence-corrected chi connectivity index (χ3v) is 7.50. The number of amides is 1. The van der Waals surface area contributed by atoms with Gasteiger partial charge in [-0.3, -0.25) is 19.7 Å². The maximum absolute atomic E-state index is 13.9. The van der Waals surface area contributed by atoms with Crippen molar-refractivity contribution in [2.75, 3.05) is 25.5 Å². The molecule has 0 saturated carbocycles. The van der Waals surface area contributed by atoms with Crippen LogP contribution in [0.2, 0.25) is 0 Å². The topological polar surface area (TPSA) is 133 Å². The number of hydrogen-bond acceptors (Lipinski definition) is 7. The number of nitrogens with one attached hydrogen (secondary N) is 3. The third kappa shape index (κ3) is 5.16. The van der Waals surface area contributed by atoms with Gasteiger partial charge in [-0.15, -0.1) is 0 Å². The van der Waals surface area contributed by atoms with Crippen molar-refractivity contribution in [2.24, 2.45) is 10.9 Å². The number of nitrogens with zero attached hydrogens (tertiary/aromatic N) is 3. The molecule has 5 rings (SSSR count). The Balaban J connectivity index is 1.50. The number of aliphatic imine (C=N–C) groups is 1. The van der Waals surface area contributed by atoms with E-state index in [-0.39, 0.29) is 23.1 Å². The lowest BCUT2D eigenvalue weighted by Gasteiger charge is -2.33. The van der Waals surface area contributed by atoms with E-state index in [0.29, 0.717) is 46.2 Å². The number of carbonyl (C=O) groups is 2. The standard InChI is InChI=1S/C31H32N6O4/c1-6-32-31(39)26-18(3)33-30-28(27(26)19-9-12-22(13-10-19)36(4)5)29(38)24(35-30)16-21-11-14-23(34-21)20-8-7-17(2)25(15-20)37(40)41/h7-16,27-28,34H,6H2,1-5H3,(H,32,39)(H,33,35)/b24-16+. The van der Waals surface area contributed by atoms with Crippen LogP contribution in [0.1, 0.15) is 36.6 Å². The molecule has 2 atom stereocenters. The van der Waals surface area contributed by atoms with Crippen molar-refractivity contribution in [1.29, 1.82) is 0 Å². The molecule has 2 aliphatic heterocycles. The minimum Gasteiger partial charge on any atom is -0.378 e. The number of allylic oxidation sites excluding steroid dienone is 2. The molecule has 3 aromatic rings. The van der Waals surface area contributed by atoms with Crippen LogP contribution in [0.15, 0.2) is 76.6 Å². The Morgan fingerprint density at radius 2 is 1.83 bits per heavy atom. The number of aryl methyl sites for hydroxylation is 1. The van der Waals surface area contributed by atoms with Crippen LogP contribution in [-0.4, -0.2) is 48.1 Å². The van der Waals surface area contributed by atoms with E-state index in [1.54, 1.807) is 25.1 Å². The Kier molecular flexibility index (Phi) is 7.32. The summed E-state index contributed by atoms with van der Waals surface area (Å²) in [5, 5.41) is 17.5. The van der Waals surface area contributed by atoms with Gasteiger partial charge in [0.25, 0.3) is 5.69 Å². The molecule has 0 radical (unpaired) electrons. The van der Waals surface area contributed by atoms with Crippen LogP contribution in [0.3, 0.4) is 0 Å². The SMILES string of the molecule is CCNC(=O)C1=C(C)NC2=N/C(=C/c3ccc(-c4ccc(C)c([N+](=O)[O-])c4)[nH]3)C(=O)C2C1c1ccc(N(C)C)cc1. The predicted molar refractivity (Wildman–Crippen MR) is 160 cm³/mol. The van der Waals surface area contributed by atoms with Crippen molar-refractivity contribution in [3.05, 3.63) is 98.5 Å². The Labute approximate surface area is 238 Å². The number of aromatic amines is 1. The normalized spacial score (nSPS) is 19.1. The monoisotopic (exact) mass is 552 g/mol. The maximum atomic E-state index is 13.9. The fraction of sp³-hybridized carbons (Fsp3) is 0.258. The van der Waals surface area contributed by atoms with Gasteiger partial charge in [0.2, 0.25) is 5.91 Å². The van der Waals surface area contributed by atoms with Gasteiger partial charge < -0.3 is 20.5 Å². The Bertz CT molecular complexity index is 1640. The number of benzene rings is 2. The van der Waals surface area contributed by atoms with E-state index in [1.807, 2.05) is 69.2 Å². The number of carbonyl (C=O) groups excluding carboxylic acids is 2. The molecule has 1 aromatic heterocycles. The van der Waals surface area contributed by atoms with E-state index in [1.165, 1.54) is 6.07 Å². The second-order valence-electron chi connectivity index (χ2n) is 10.4. The Morgan fingerprint density at radius 3 is 2.49 bits per heavy atom. The molecule has 2 aliphatic rings. The molecular formula is C31H32N6O4. The van der Waals surface area contributed by atoms with Crippen LogP contribution in [0.25, 0.3) is 17.3 Å². The highest BCUT2D eigenvalue weighted by atomic mass is 16.6. The first-order valence-corrected chi connectivity index (χ1v) is 13.4. The second-order valence-corrected chi connectivity index (χ2v) is 10.4. The zero-order chi connectivity index (χ0) is 29.4. The number of aromatic nitrogens is 1. The van der Waals surface area contributed by atoms with Gasteiger partial charge >= 0.3 is 0 Å². The number of rotatable bonds is 7. The van der Waals surface area contributed by atoms with E-state index in [4.69, 9.17) is 0 Å². The number of nitro benzene ring substituents is 1. The number of nitro groups is 1. The van der Waals surface area contributed by atoms with Gasteiger partial charge in [-0.1, -0.05) is 24.3 Å². The third-order valence-electron chi connectivity index (χ3n) is 7.50. The highest BCUT2D eigenvalue weighted by Gasteiger charge is 2.47. The van der Waals surface area contributed by atoms with Gasteiger partial charge in [0.1, 0.15) is 11.5 Å². The molecular weight excluding hydrogens is 520 g/mol. The average Bonchev–Trinajstić information content (AvgIpc) is 3.52. The molecule has 2 aromatic carbocycles. The quantitative estimate of drug-likeness (QED) is 0.221. The number of fused-ring (bicyclic) bond motifs is 1. The zero-order valence-corrected chi connectivity index (χ0v) is 23.6. The van der Waals surface area contributed by atoms with Gasteiger partial charge in [0.15, 0.2) is 5.78 Å². The van der Waals surface area contributed by atoms with Crippen molar-refractivity contribution in [3.8, 4) is 11.3 Å². The van der Waals surface area contributed by atoms with Crippen molar-refractivity contribution in [1.82, 2.24) is 15.6 Å². The van der Waals surface area contributed by atoms with Gasteiger partial charge in [-0.05, 0) is 56.7 Å². The first-order valence-electron chi connectivity index (χ1n) is 13.4. The van der Waals surface area contributed by atoms with Crippen LogP contribution < -0.4 is 15.5 Å². The van der Waals surface area contributed by atoms with Crippen LogP contribution in [0.4, 0.5) is 11.4 Å². The molecule has 41 heavy (non-hydrogen) atoms. The van der Waals surface area contributed by atoms with Crippen LogP contribution in [0.5, 0.6) is 0 Å². The van der Waals surface area contributed by atoms with Gasteiger partial charge in [0.05, 0.1) is 10.8 Å². The summed E-state index contributed by atoms with van der Waals surface area (Å²) in [5.74, 6) is -1.09. The summed E-state index contributed by atoms with van der Waals surface area (Å²) in [6, 6.07) is 16.5. The van der Waals surface area contributed by atoms with E-state index >= 15 is 0 Å². The van der Waals surface area contributed by atoms with Crippen LogP contribution in [-0.2, 0) is 9.59 Å². The van der Waals surface area contributed by atoms with Crippen LogP contribution in [0, 0.1) is 23.0 Å². The number of likely N-dealkylation sites (N-methyl/N-ethyl adjacent to an activating group) is 1. The molecule has 0 spiro atoms. The van der Waals surface area contributed by atoms with E-state index in [9.17, 15) is 19.7 Å². The molecule has 0 fully saturated rings. The summed E-state index contributed by atoms with van der Waals surface area (Å²) >= 11 is 0.